The molecule has 6 heteroatoms. The summed E-state index contributed by atoms with van der Waals surface area (Å²) in [6, 6.07) is 13.5. The zero-order valence-corrected chi connectivity index (χ0v) is 19.3. The molecule has 0 unspecified atom stereocenters. The van der Waals surface area contributed by atoms with Crippen LogP contribution in [0.3, 0.4) is 0 Å². The van der Waals surface area contributed by atoms with E-state index >= 15 is 0 Å². The van der Waals surface area contributed by atoms with Crippen LogP contribution in [0.15, 0.2) is 42.5 Å². The summed E-state index contributed by atoms with van der Waals surface area (Å²) in [7, 11) is 3.31. The lowest BCUT2D eigenvalue weighted by Crippen LogP contribution is -2.56. The van der Waals surface area contributed by atoms with Crippen LogP contribution >= 0.6 is 0 Å². The van der Waals surface area contributed by atoms with Crippen molar-refractivity contribution in [3.63, 3.8) is 0 Å². The summed E-state index contributed by atoms with van der Waals surface area (Å²) < 4.78 is 11.2. The van der Waals surface area contributed by atoms with Crippen molar-refractivity contribution in [3.05, 3.63) is 53.6 Å². The Morgan fingerprint density at radius 3 is 2.62 bits per heavy atom. The van der Waals surface area contributed by atoms with Crippen molar-refractivity contribution in [2.75, 3.05) is 32.6 Å². The van der Waals surface area contributed by atoms with E-state index in [0.717, 1.165) is 54.0 Å². The van der Waals surface area contributed by atoms with Gasteiger partial charge in [-0.2, -0.15) is 0 Å². The molecule has 1 saturated heterocycles. The first-order valence-electron chi connectivity index (χ1n) is 11.5. The van der Waals surface area contributed by atoms with Gasteiger partial charge in [0.05, 0.1) is 26.4 Å². The second-order valence-corrected chi connectivity index (χ2v) is 9.14. The second kappa shape index (κ2) is 9.51. The van der Waals surface area contributed by atoms with Crippen molar-refractivity contribution in [2.24, 2.45) is 5.92 Å². The third-order valence-electron chi connectivity index (χ3n) is 7.11. The van der Waals surface area contributed by atoms with Gasteiger partial charge in [0.15, 0.2) is 0 Å². The van der Waals surface area contributed by atoms with Gasteiger partial charge in [0.1, 0.15) is 11.5 Å². The summed E-state index contributed by atoms with van der Waals surface area (Å²) in [4.78, 5) is 15.2. The molecule has 2 aromatic rings. The molecule has 0 spiro atoms. The van der Waals surface area contributed by atoms with Crippen molar-refractivity contribution < 1.29 is 19.4 Å². The van der Waals surface area contributed by atoms with Crippen LogP contribution < -0.4 is 14.8 Å². The number of carbonyl (C=O) groups excluding carboxylic acids is 1. The fourth-order valence-electron chi connectivity index (χ4n) is 5.43. The highest BCUT2D eigenvalue weighted by atomic mass is 16.5. The number of benzene rings is 2. The number of anilines is 1. The van der Waals surface area contributed by atoms with Gasteiger partial charge in [-0.3, -0.25) is 9.69 Å². The van der Waals surface area contributed by atoms with Crippen LogP contribution in [0.1, 0.15) is 49.3 Å². The van der Waals surface area contributed by atoms with Gasteiger partial charge in [0, 0.05) is 29.8 Å². The number of nitrogens with zero attached hydrogens (tertiary/aromatic N) is 1. The van der Waals surface area contributed by atoms with E-state index in [4.69, 9.17) is 9.47 Å². The smallest absolute Gasteiger partial charge is 0.238 e. The third kappa shape index (κ3) is 4.62. The lowest BCUT2D eigenvalue weighted by molar-refractivity contribution is -0.135. The molecule has 4 rings (SSSR count). The van der Waals surface area contributed by atoms with Crippen LogP contribution in [0.5, 0.6) is 11.5 Å². The van der Waals surface area contributed by atoms with Crippen molar-refractivity contribution in [1.29, 1.82) is 0 Å². The molecular formula is C26H34N2O4. The fourth-order valence-corrected chi connectivity index (χ4v) is 5.43. The van der Waals surface area contributed by atoms with E-state index in [1.54, 1.807) is 14.2 Å². The van der Waals surface area contributed by atoms with E-state index in [9.17, 15) is 9.90 Å². The molecule has 2 aliphatic rings. The highest BCUT2D eigenvalue weighted by Crippen LogP contribution is 2.51. The molecule has 1 heterocycles. The average molecular weight is 439 g/mol. The third-order valence-corrected chi connectivity index (χ3v) is 7.11. The highest BCUT2D eigenvalue weighted by molar-refractivity contribution is 5.92. The molecular weight excluding hydrogens is 404 g/mol. The SMILES string of the molecule is COc1ccc(OC)c([C@H]2[C@H]3CCCC[C@]3(O)CCN2CC(=O)Nc2ccc(C)cc2)c1. The summed E-state index contributed by atoms with van der Waals surface area (Å²) >= 11 is 0. The molecule has 0 aromatic heterocycles. The summed E-state index contributed by atoms with van der Waals surface area (Å²) in [5.74, 6) is 1.49. The van der Waals surface area contributed by atoms with E-state index < -0.39 is 5.60 Å². The quantitative estimate of drug-likeness (QED) is 0.703. The number of amides is 1. The Morgan fingerprint density at radius 2 is 1.91 bits per heavy atom. The number of piperidine rings is 1. The minimum absolute atomic E-state index is 0.0400. The number of aryl methyl sites for hydroxylation is 1. The summed E-state index contributed by atoms with van der Waals surface area (Å²) in [6.45, 7) is 2.93. The topological polar surface area (TPSA) is 71.0 Å². The van der Waals surface area contributed by atoms with Gasteiger partial charge in [0.2, 0.25) is 5.91 Å². The lowest BCUT2D eigenvalue weighted by Gasteiger charge is -2.52. The van der Waals surface area contributed by atoms with Crippen LogP contribution in [-0.2, 0) is 4.79 Å². The van der Waals surface area contributed by atoms with Crippen LogP contribution in [-0.4, -0.2) is 48.8 Å². The Labute approximate surface area is 190 Å². The molecule has 172 valence electrons. The molecule has 2 N–H and O–H groups in total. The number of fused-ring (bicyclic) bond motifs is 1. The molecule has 1 saturated carbocycles. The van der Waals surface area contributed by atoms with Gasteiger partial charge in [0.25, 0.3) is 0 Å². The van der Waals surface area contributed by atoms with Crippen molar-refractivity contribution in [1.82, 2.24) is 4.90 Å². The normalized spacial score (nSPS) is 25.6. The van der Waals surface area contributed by atoms with Crippen molar-refractivity contribution in [3.8, 4) is 11.5 Å². The van der Waals surface area contributed by atoms with Gasteiger partial charge in [-0.1, -0.05) is 30.5 Å². The standard InChI is InChI=1S/C26H34N2O4/c1-18-7-9-19(10-8-18)27-24(29)17-28-15-14-26(30)13-5-4-6-22(26)25(28)21-16-20(31-2)11-12-23(21)32-3/h7-12,16,22,25,30H,4-6,13-15,17H2,1-3H3,(H,27,29)/t22-,25+,26+/m1/s1. The molecule has 2 aromatic carbocycles. The number of likely N-dealkylation sites (tertiary alicyclic amines) is 1. The molecule has 0 bridgehead atoms. The van der Waals surface area contributed by atoms with E-state index in [1.807, 2.05) is 49.4 Å². The van der Waals surface area contributed by atoms with E-state index in [-0.39, 0.29) is 24.4 Å². The predicted octanol–water partition coefficient (Wildman–Crippen LogP) is 4.32. The van der Waals surface area contributed by atoms with E-state index in [2.05, 4.69) is 10.2 Å². The Morgan fingerprint density at radius 1 is 1.12 bits per heavy atom. The Hall–Kier alpha value is -2.57. The molecule has 1 aliphatic heterocycles. The first-order chi connectivity index (χ1) is 15.4. The van der Waals surface area contributed by atoms with Crippen LogP contribution in [0.2, 0.25) is 0 Å². The number of rotatable bonds is 6. The summed E-state index contributed by atoms with van der Waals surface area (Å²) in [5, 5.41) is 14.5. The zero-order chi connectivity index (χ0) is 22.7. The number of carbonyl (C=O) groups is 1. The monoisotopic (exact) mass is 438 g/mol. The fraction of sp³-hybridized carbons (Fsp3) is 0.500. The van der Waals surface area contributed by atoms with Crippen LogP contribution in [0, 0.1) is 12.8 Å². The maximum atomic E-state index is 13.0. The van der Waals surface area contributed by atoms with Gasteiger partial charge in [-0.25, -0.2) is 0 Å². The number of hydrogen-bond acceptors (Lipinski definition) is 5. The maximum Gasteiger partial charge on any atom is 0.238 e. The minimum atomic E-state index is -0.707. The highest BCUT2D eigenvalue weighted by Gasteiger charge is 2.50. The average Bonchev–Trinajstić information content (AvgIpc) is 2.80. The minimum Gasteiger partial charge on any atom is -0.497 e. The number of aliphatic hydroxyl groups is 1. The van der Waals surface area contributed by atoms with Crippen LogP contribution in [0.25, 0.3) is 0 Å². The van der Waals surface area contributed by atoms with Gasteiger partial charge in [-0.05, 0) is 56.5 Å². The Bertz CT molecular complexity index is 945. The lowest BCUT2D eigenvalue weighted by atomic mass is 9.66. The van der Waals surface area contributed by atoms with Gasteiger partial charge >= 0.3 is 0 Å². The molecule has 2 fully saturated rings. The first kappa shape index (κ1) is 22.6. The number of methoxy groups -OCH3 is 2. The Kier molecular flexibility index (Phi) is 6.72. The Balaban J connectivity index is 1.64. The van der Waals surface area contributed by atoms with Gasteiger partial charge < -0.3 is 19.9 Å². The summed E-state index contributed by atoms with van der Waals surface area (Å²) in [5.41, 5.74) is 2.21. The van der Waals surface area contributed by atoms with Crippen molar-refractivity contribution >= 4 is 11.6 Å². The zero-order valence-electron chi connectivity index (χ0n) is 19.3. The van der Waals surface area contributed by atoms with Gasteiger partial charge in [-0.15, -0.1) is 0 Å². The van der Waals surface area contributed by atoms with Crippen LogP contribution in [0.4, 0.5) is 5.69 Å². The second-order valence-electron chi connectivity index (χ2n) is 9.14. The predicted molar refractivity (Wildman–Crippen MR) is 125 cm³/mol. The molecule has 1 aliphatic carbocycles. The summed E-state index contributed by atoms with van der Waals surface area (Å²) in [6.07, 6.45) is 4.54. The van der Waals surface area contributed by atoms with E-state index in [0.29, 0.717) is 13.0 Å². The molecule has 1 amide bonds. The number of ether oxygens (including phenoxy) is 2. The van der Waals surface area contributed by atoms with E-state index in [1.165, 1.54) is 0 Å². The number of nitrogens with one attached hydrogen (secondary N) is 1. The largest absolute Gasteiger partial charge is 0.497 e. The number of hydrogen-bond donors (Lipinski definition) is 2. The molecule has 3 atom stereocenters. The van der Waals surface area contributed by atoms with Crippen molar-refractivity contribution in [2.45, 2.75) is 50.7 Å². The molecule has 0 radical (unpaired) electrons. The maximum absolute atomic E-state index is 13.0. The first-order valence-corrected chi connectivity index (χ1v) is 11.5. The molecule has 6 nitrogen and oxygen atoms in total. The molecule has 32 heavy (non-hydrogen) atoms.